The molecule has 1 aliphatic rings. The number of nitrogens with one attached hydrogen (secondary N) is 1. The van der Waals surface area contributed by atoms with Crippen LogP contribution in [0.5, 0.6) is 11.5 Å². The van der Waals surface area contributed by atoms with Gasteiger partial charge in [-0.05, 0) is 50.3 Å². The molecule has 19 heavy (non-hydrogen) atoms. The summed E-state index contributed by atoms with van der Waals surface area (Å²) in [6.45, 7) is 3.15. The second-order valence-corrected chi connectivity index (χ2v) is 5.65. The van der Waals surface area contributed by atoms with E-state index in [1.165, 1.54) is 24.8 Å². The van der Waals surface area contributed by atoms with E-state index in [0.717, 1.165) is 30.0 Å². The Hall–Kier alpha value is -1.22. The molecule has 1 saturated carbocycles. The van der Waals surface area contributed by atoms with Crippen LogP contribution in [0, 0.1) is 12.3 Å². The van der Waals surface area contributed by atoms with Gasteiger partial charge in [0.1, 0.15) is 11.5 Å². The van der Waals surface area contributed by atoms with Gasteiger partial charge in [0.05, 0.1) is 14.2 Å². The summed E-state index contributed by atoms with van der Waals surface area (Å²) in [5.41, 5.74) is 2.82. The van der Waals surface area contributed by atoms with Gasteiger partial charge >= 0.3 is 0 Å². The fourth-order valence-corrected chi connectivity index (χ4v) is 3.25. The van der Waals surface area contributed by atoms with Crippen LogP contribution in [0.15, 0.2) is 12.1 Å². The molecule has 1 aromatic carbocycles. The maximum Gasteiger partial charge on any atom is 0.128 e. The van der Waals surface area contributed by atoms with E-state index in [9.17, 15) is 0 Å². The summed E-state index contributed by atoms with van der Waals surface area (Å²) < 4.78 is 11.0. The van der Waals surface area contributed by atoms with Crippen LogP contribution in [0.25, 0.3) is 0 Å². The Morgan fingerprint density at radius 2 is 1.95 bits per heavy atom. The quantitative estimate of drug-likeness (QED) is 0.856. The fourth-order valence-electron chi connectivity index (χ4n) is 3.25. The minimum atomic E-state index is 0.420. The van der Waals surface area contributed by atoms with Crippen LogP contribution in [-0.4, -0.2) is 27.8 Å². The Morgan fingerprint density at radius 3 is 2.42 bits per heavy atom. The molecule has 0 saturated heterocycles. The number of hydrogen-bond acceptors (Lipinski definition) is 3. The standard InChI is InChI=1S/C16H25NO2/c1-12-14(18-3)7-6-13(15(12)19-4)10-16(11-17-2)8-5-9-16/h6-7,17H,5,8-11H2,1-4H3. The van der Waals surface area contributed by atoms with Crippen LogP contribution in [0.4, 0.5) is 0 Å². The predicted molar refractivity (Wildman–Crippen MR) is 78.2 cm³/mol. The average molecular weight is 263 g/mol. The first-order chi connectivity index (χ1) is 9.15. The normalized spacial score (nSPS) is 16.8. The van der Waals surface area contributed by atoms with Gasteiger partial charge in [0.25, 0.3) is 0 Å². The number of hydrogen-bond donors (Lipinski definition) is 1. The van der Waals surface area contributed by atoms with Crippen molar-refractivity contribution in [2.24, 2.45) is 5.41 Å². The third-order valence-corrected chi connectivity index (χ3v) is 4.39. The van der Waals surface area contributed by atoms with Crippen molar-refractivity contribution in [1.82, 2.24) is 5.32 Å². The van der Waals surface area contributed by atoms with Gasteiger partial charge in [0.2, 0.25) is 0 Å². The summed E-state index contributed by atoms with van der Waals surface area (Å²) in [5.74, 6) is 1.89. The van der Waals surface area contributed by atoms with Crippen molar-refractivity contribution in [2.45, 2.75) is 32.6 Å². The van der Waals surface area contributed by atoms with Crippen LogP contribution < -0.4 is 14.8 Å². The number of benzene rings is 1. The smallest absolute Gasteiger partial charge is 0.128 e. The summed E-state index contributed by atoms with van der Waals surface area (Å²) in [4.78, 5) is 0. The number of ether oxygens (including phenoxy) is 2. The molecule has 0 spiro atoms. The molecule has 2 rings (SSSR count). The van der Waals surface area contributed by atoms with E-state index in [1.54, 1.807) is 14.2 Å². The molecule has 3 nitrogen and oxygen atoms in total. The van der Waals surface area contributed by atoms with E-state index >= 15 is 0 Å². The zero-order chi connectivity index (χ0) is 13.9. The third kappa shape index (κ3) is 2.71. The van der Waals surface area contributed by atoms with E-state index in [0.29, 0.717) is 5.41 Å². The van der Waals surface area contributed by atoms with E-state index in [1.807, 2.05) is 7.05 Å². The van der Waals surface area contributed by atoms with Crippen molar-refractivity contribution in [2.75, 3.05) is 27.8 Å². The van der Waals surface area contributed by atoms with E-state index < -0.39 is 0 Å². The molecule has 1 N–H and O–H groups in total. The molecule has 0 heterocycles. The van der Waals surface area contributed by atoms with Crippen molar-refractivity contribution < 1.29 is 9.47 Å². The molecule has 0 atom stereocenters. The van der Waals surface area contributed by atoms with E-state index in [4.69, 9.17) is 9.47 Å². The zero-order valence-corrected chi connectivity index (χ0v) is 12.5. The first-order valence-electron chi connectivity index (χ1n) is 7.01. The first-order valence-corrected chi connectivity index (χ1v) is 7.01. The Morgan fingerprint density at radius 1 is 1.21 bits per heavy atom. The molecule has 106 valence electrons. The van der Waals surface area contributed by atoms with Gasteiger partial charge in [-0.3, -0.25) is 0 Å². The van der Waals surface area contributed by atoms with E-state index in [-0.39, 0.29) is 0 Å². The molecule has 3 heteroatoms. The molecule has 0 radical (unpaired) electrons. The fraction of sp³-hybridized carbons (Fsp3) is 0.625. The molecule has 1 aliphatic carbocycles. The first kappa shape index (κ1) is 14.2. The van der Waals surface area contributed by atoms with Crippen LogP contribution in [0.2, 0.25) is 0 Å². The van der Waals surface area contributed by atoms with Crippen LogP contribution in [0.3, 0.4) is 0 Å². The van der Waals surface area contributed by atoms with Crippen molar-refractivity contribution in [3.05, 3.63) is 23.3 Å². The van der Waals surface area contributed by atoms with E-state index in [2.05, 4.69) is 24.4 Å². The van der Waals surface area contributed by atoms with Gasteiger partial charge in [-0.25, -0.2) is 0 Å². The summed E-state index contributed by atoms with van der Waals surface area (Å²) in [6, 6.07) is 4.21. The monoisotopic (exact) mass is 263 g/mol. The Kier molecular flexibility index (Phi) is 4.35. The van der Waals surface area contributed by atoms with Crippen molar-refractivity contribution in [3.63, 3.8) is 0 Å². The maximum absolute atomic E-state index is 5.61. The molecule has 0 amide bonds. The van der Waals surface area contributed by atoms with Gasteiger partial charge in [-0.2, -0.15) is 0 Å². The molecular weight excluding hydrogens is 238 g/mol. The lowest BCUT2D eigenvalue weighted by molar-refractivity contribution is 0.132. The van der Waals surface area contributed by atoms with Crippen LogP contribution in [-0.2, 0) is 6.42 Å². The van der Waals surface area contributed by atoms with Gasteiger partial charge in [0.15, 0.2) is 0 Å². The van der Waals surface area contributed by atoms with Crippen molar-refractivity contribution in [3.8, 4) is 11.5 Å². The lowest BCUT2D eigenvalue weighted by atomic mass is 9.65. The predicted octanol–water partition coefficient (Wildman–Crippen LogP) is 2.94. The van der Waals surface area contributed by atoms with Crippen LogP contribution in [0.1, 0.15) is 30.4 Å². The summed E-state index contributed by atoms with van der Waals surface area (Å²) in [5, 5.41) is 3.34. The highest BCUT2D eigenvalue weighted by Crippen LogP contribution is 2.45. The largest absolute Gasteiger partial charge is 0.496 e. The molecule has 1 aromatic rings. The Balaban J connectivity index is 2.27. The topological polar surface area (TPSA) is 30.5 Å². The SMILES string of the molecule is CNCC1(Cc2ccc(OC)c(C)c2OC)CCC1. The molecule has 0 aliphatic heterocycles. The summed E-state index contributed by atoms with van der Waals surface area (Å²) in [6.07, 6.45) is 5.05. The van der Waals surface area contributed by atoms with Crippen molar-refractivity contribution >= 4 is 0 Å². The molecule has 1 fully saturated rings. The minimum Gasteiger partial charge on any atom is -0.496 e. The maximum atomic E-state index is 5.61. The lowest BCUT2D eigenvalue weighted by Gasteiger charge is -2.42. The van der Waals surface area contributed by atoms with Crippen LogP contribution >= 0.6 is 0 Å². The minimum absolute atomic E-state index is 0.420. The highest BCUT2D eigenvalue weighted by molar-refractivity contribution is 5.49. The Bertz CT molecular complexity index is 439. The summed E-state index contributed by atoms with van der Waals surface area (Å²) in [7, 11) is 5.49. The van der Waals surface area contributed by atoms with Gasteiger partial charge in [0, 0.05) is 12.1 Å². The number of methoxy groups -OCH3 is 2. The van der Waals surface area contributed by atoms with Crippen molar-refractivity contribution in [1.29, 1.82) is 0 Å². The Labute approximate surface area is 116 Å². The molecule has 0 bridgehead atoms. The number of rotatable bonds is 6. The van der Waals surface area contributed by atoms with Gasteiger partial charge < -0.3 is 14.8 Å². The summed E-state index contributed by atoms with van der Waals surface area (Å²) >= 11 is 0. The lowest BCUT2D eigenvalue weighted by Crippen LogP contribution is -2.40. The zero-order valence-electron chi connectivity index (χ0n) is 12.5. The molecular formula is C16H25NO2. The average Bonchev–Trinajstić information content (AvgIpc) is 2.37. The van der Waals surface area contributed by atoms with Gasteiger partial charge in [-0.1, -0.05) is 12.5 Å². The molecule has 0 unspecified atom stereocenters. The highest BCUT2D eigenvalue weighted by atomic mass is 16.5. The second-order valence-electron chi connectivity index (χ2n) is 5.65. The van der Waals surface area contributed by atoms with Gasteiger partial charge in [-0.15, -0.1) is 0 Å². The molecule has 0 aromatic heterocycles. The third-order valence-electron chi connectivity index (χ3n) is 4.39. The highest BCUT2D eigenvalue weighted by Gasteiger charge is 2.37. The second kappa shape index (κ2) is 5.83.